The summed E-state index contributed by atoms with van der Waals surface area (Å²) in [6.45, 7) is 1.28. The Labute approximate surface area is 126 Å². The molecular formula is C15H14ClNO4. The lowest BCUT2D eigenvalue weighted by atomic mass is 10.2. The molecule has 0 saturated carbocycles. The van der Waals surface area contributed by atoms with Gasteiger partial charge in [-0.2, -0.15) is 0 Å². The van der Waals surface area contributed by atoms with Crippen molar-refractivity contribution in [2.24, 2.45) is 0 Å². The number of para-hydroxylation sites is 1. The molecule has 0 bridgehead atoms. The molecular weight excluding hydrogens is 294 g/mol. The molecule has 0 unspecified atom stereocenters. The molecule has 0 saturated heterocycles. The number of amides is 1. The molecule has 2 aromatic rings. The summed E-state index contributed by atoms with van der Waals surface area (Å²) in [7, 11) is 0. The Hall–Kier alpha value is -2.37. The molecule has 0 aliphatic heterocycles. The first-order valence-corrected chi connectivity index (χ1v) is 6.28. The fourth-order valence-corrected chi connectivity index (χ4v) is 1.85. The number of ether oxygens (including phenoxy) is 1. The van der Waals surface area contributed by atoms with Crippen LogP contribution in [0.5, 0.6) is 5.75 Å². The highest BCUT2D eigenvalue weighted by atomic mass is 35.5. The van der Waals surface area contributed by atoms with Crippen molar-refractivity contribution in [1.82, 2.24) is 0 Å². The van der Waals surface area contributed by atoms with Gasteiger partial charge in [0, 0.05) is 17.6 Å². The van der Waals surface area contributed by atoms with Crippen LogP contribution in [-0.4, -0.2) is 17.4 Å². The van der Waals surface area contributed by atoms with Crippen molar-refractivity contribution in [1.29, 1.82) is 0 Å². The molecule has 0 heterocycles. The van der Waals surface area contributed by atoms with E-state index < -0.39 is 5.97 Å². The standard InChI is InChI=1S/C15H12ClNO3.H2O/c1-10(18)20-14-8-3-2-7-13(14)15(19)17-12-6-4-5-11(16)9-12;/h2-9H,1H3,(H,17,19);1H2. The topological polar surface area (TPSA) is 86.9 Å². The van der Waals surface area contributed by atoms with Crippen LogP contribution in [0, 0.1) is 0 Å². The Kier molecular flexibility index (Phi) is 5.90. The number of hydrogen-bond donors (Lipinski definition) is 1. The maximum Gasteiger partial charge on any atom is 0.308 e. The van der Waals surface area contributed by atoms with Crippen molar-refractivity contribution >= 4 is 29.2 Å². The molecule has 1 amide bonds. The summed E-state index contributed by atoms with van der Waals surface area (Å²) in [5.74, 6) is -0.628. The second kappa shape index (κ2) is 7.42. The summed E-state index contributed by atoms with van der Waals surface area (Å²) >= 11 is 5.85. The smallest absolute Gasteiger partial charge is 0.308 e. The molecule has 0 radical (unpaired) electrons. The lowest BCUT2D eigenvalue weighted by Gasteiger charge is -2.09. The van der Waals surface area contributed by atoms with E-state index in [1.165, 1.54) is 6.92 Å². The SMILES string of the molecule is CC(=O)Oc1ccccc1C(=O)Nc1cccc(Cl)c1.O. The average Bonchev–Trinajstić information content (AvgIpc) is 2.38. The van der Waals surface area contributed by atoms with E-state index in [9.17, 15) is 9.59 Å². The van der Waals surface area contributed by atoms with Crippen LogP contribution in [0.3, 0.4) is 0 Å². The molecule has 5 nitrogen and oxygen atoms in total. The van der Waals surface area contributed by atoms with Crippen molar-refractivity contribution in [3.05, 3.63) is 59.1 Å². The van der Waals surface area contributed by atoms with E-state index in [-0.39, 0.29) is 22.7 Å². The highest BCUT2D eigenvalue weighted by Gasteiger charge is 2.13. The van der Waals surface area contributed by atoms with Gasteiger partial charge in [-0.1, -0.05) is 29.8 Å². The zero-order valence-electron chi connectivity index (χ0n) is 11.2. The number of hydrogen-bond acceptors (Lipinski definition) is 3. The van der Waals surface area contributed by atoms with Crippen molar-refractivity contribution < 1.29 is 19.8 Å². The maximum absolute atomic E-state index is 12.2. The lowest BCUT2D eigenvalue weighted by molar-refractivity contribution is -0.131. The second-order valence-electron chi connectivity index (χ2n) is 4.05. The normalized spacial score (nSPS) is 9.43. The summed E-state index contributed by atoms with van der Waals surface area (Å²) in [6.07, 6.45) is 0. The van der Waals surface area contributed by atoms with Crippen LogP contribution in [0.1, 0.15) is 17.3 Å². The van der Waals surface area contributed by atoms with E-state index in [0.717, 1.165) is 0 Å². The largest absolute Gasteiger partial charge is 0.426 e. The molecule has 0 aliphatic carbocycles. The molecule has 2 rings (SSSR count). The number of rotatable bonds is 3. The predicted octanol–water partition coefficient (Wildman–Crippen LogP) is 2.69. The van der Waals surface area contributed by atoms with Gasteiger partial charge in [0.25, 0.3) is 5.91 Å². The maximum atomic E-state index is 12.2. The van der Waals surface area contributed by atoms with E-state index in [0.29, 0.717) is 10.7 Å². The van der Waals surface area contributed by atoms with Gasteiger partial charge in [-0.25, -0.2) is 0 Å². The van der Waals surface area contributed by atoms with Gasteiger partial charge in [-0.05, 0) is 30.3 Å². The number of benzene rings is 2. The molecule has 0 atom stereocenters. The molecule has 2 aromatic carbocycles. The minimum Gasteiger partial charge on any atom is -0.426 e. The van der Waals surface area contributed by atoms with Gasteiger partial charge in [0.2, 0.25) is 0 Å². The minimum absolute atomic E-state index is 0. The van der Waals surface area contributed by atoms with Gasteiger partial charge < -0.3 is 15.5 Å². The van der Waals surface area contributed by atoms with Crippen LogP contribution in [0.15, 0.2) is 48.5 Å². The Morgan fingerprint density at radius 1 is 1.10 bits per heavy atom. The van der Waals surface area contributed by atoms with Crippen LogP contribution in [0.2, 0.25) is 5.02 Å². The molecule has 21 heavy (non-hydrogen) atoms. The molecule has 0 aromatic heterocycles. The fourth-order valence-electron chi connectivity index (χ4n) is 1.66. The zero-order valence-corrected chi connectivity index (χ0v) is 12.0. The number of carbonyl (C=O) groups excluding carboxylic acids is 2. The van der Waals surface area contributed by atoms with Crippen LogP contribution in [-0.2, 0) is 4.79 Å². The third-order valence-corrected chi connectivity index (χ3v) is 2.70. The molecule has 110 valence electrons. The molecule has 0 aliphatic rings. The summed E-state index contributed by atoms with van der Waals surface area (Å²) in [6, 6.07) is 13.3. The quantitative estimate of drug-likeness (QED) is 0.698. The Bertz CT molecular complexity index is 658. The van der Waals surface area contributed by atoms with Gasteiger partial charge in [-0.15, -0.1) is 0 Å². The van der Waals surface area contributed by atoms with E-state index in [2.05, 4.69) is 5.32 Å². The molecule has 6 heteroatoms. The highest BCUT2D eigenvalue weighted by molar-refractivity contribution is 6.31. The average molecular weight is 308 g/mol. The molecule has 3 N–H and O–H groups in total. The van der Waals surface area contributed by atoms with Crippen LogP contribution in [0.4, 0.5) is 5.69 Å². The summed E-state index contributed by atoms with van der Waals surface area (Å²) in [5.41, 5.74) is 0.850. The zero-order chi connectivity index (χ0) is 14.5. The molecule has 0 fully saturated rings. The summed E-state index contributed by atoms with van der Waals surface area (Å²) in [4.78, 5) is 23.2. The van der Waals surface area contributed by atoms with E-state index >= 15 is 0 Å². The number of halogens is 1. The fraction of sp³-hybridized carbons (Fsp3) is 0.0667. The second-order valence-corrected chi connectivity index (χ2v) is 4.49. The lowest BCUT2D eigenvalue weighted by Crippen LogP contribution is -2.14. The van der Waals surface area contributed by atoms with Gasteiger partial charge in [-0.3, -0.25) is 9.59 Å². The van der Waals surface area contributed by atoms with Crippen molar-refractivity contribution in [2.45, 2.75) is 6.92 Å². The highest BCUT2D eigenvalue weighted by Crippen LogP contribution is 2.21. The Morgan fingerprint density at radius 3 is 2.48 bits per heavy atom. The first-order chi connectivity index (χ1) is 9.56. The van der Waals surface area contributed by atoms with Crippen LogP contribution in [0.25, 0.3) is 0 Å². The van der Waals surface area contributed by atoms with E-state index in [1.807, 2.05) is 0 Å². The third kappa shape index (κ3) is 4.59. The predicted molar refractivity (Wildman–Crippen MR) is 80.8 cm³/mol. The Morgan fingerprint density at radius 2 is 1.81 bits per heavy atom. The van der Waals surface area contributed by atoms with E-state index in [4.69, 9.17) is 16.3 Å². The van der Waals surface area contributed by atoms with Crippen LogP contribution < -0.4 is 10.1 Å². The number of anilines is 1. The number of esters is 1. The first kappa shape index (κ1) is 16.7. The molecule has 0 spiro atoms. The third-order valence-electron chi connectivity index (χ3n) is 2.47. The van der Waals surface area contributed by atoms with Gasteiger partial charge in [0.1, 0.15) is 5.75 Å². The van der Waals surface area contributed by atoms with Gasteiger partial charge in [0.05, 0.1) is 5.56 Å². The summed E-state index contributed by atoms with van der Waals surface area (Å²) < 4.78 is 5.00. The first-order valence-electron chi connectivity index (χ1n) is 5.90. The number of nitrogens with one attached hydrogen (secondary N) is 1. The minimum atomic E-state index is -0.479. The van der Waals surface area contributed by atoms with Crippen molar-refractivity contribution in [2.75, 3.05) is 5.32 Å². The van der Waals surface area contributed by atoms with Gasteiger partial charge >= 0.3 is 5.97 Å². The van der Waals surface area contributed by atoms with Crippen molar-refractivity contribution in [3.63, 3.8) is 0 Å². The van der Waals surface area contributed by atoms with Gasteiger partial charge in [0.15, 0.2) is 0 Å². The van der Waals surface area contributed by atoms with Crippen LogP contribution >= 0.6 is 11.6 Å². The monoisotopic (exact) mass is 307 g/mol. The summed E-state index contributed by atoms with van der Waals surface area (Å²) in [5, 5.41) is 3.22. The van der Waals surface area contributed by atoms with Crippen molar-refractivity contribution in [3.8, 4) is 5.75 Å². The van der Waals surface area contributed by atoms with E-state index in [1.54, 1.807) is 48.5 Å². The number of carbonyl (C=O) groups is 2. The Balaban J connectivity index is 0.00000220.